The summed E-state index contributed by atoms with van der Waals surface area (Å²) in [6.07, 6.45) is 0. The zero-order valence-electron chi connectivity index (χ0n) is 11.1. The molecule has 0 aromatic heterocycles. The first-order valence-corrected chi connectivity index (χ1v) is 6.75. The summed E-state index contributed by atoms with van der Waals surface area (Å²) in [7, 11) is 0. The summed E-state index contributed by atoms with van der Waals surface area (Å²) >= 11 is 6.32. The van der Waals surface area contributed by atoms with Gasteiger partial charge in [-0.2, -0.15) is 0 Å². The molecule has 0 radical (unpaired) electrons. The second kappa shape index (κ2) is 4.78. The number of rotatable bonds is 1. The van der Waals surface area contributed by atoms with Gasteiger partial charge in [0.1, 0.15) is 5.75 Å². The molecule has 3 heteroatoms. The average Bonchev–Trinajstić information content (AvgIpc) is 2.38. The van der Waals surface area contributed by atoms with Gasteiger partial charge in [-0.05, 0) is 43.2 Å². The topological polar surface area (TPSA) is 12.5 Å². The van der Waals surface area contributed by atoms with Gasteiger partial charge in [0, 0.05) is 12.1 Å². The zero-order chi connectivity index (χ0) is 13.4. The fraction of sp³-hybridized carbons (Fsp3) is 0.250. The predicted octanol–water partition coefficient (Wildman–Crippen LogP) is 4.31. The lowest BCUT2D eigenvalue weighted by Gasteiger charge is -2.31. The van der Waals surface area contributed by atoms with E-state index < -0.39 is 0 Å². The van der Waals surface area contributed by atoms with Gasteiger partial charge in [-0.25, -0.2) is 0 Å². The van der Waals surface area contributed by atoms with Crippen molar-refractivity contribution in [3.63, 3.8) is 0 Å². The summed E-state index contributed by atoms with van der Waals surface area (Å²) in [5, 5.41) is 0.777. The van der Waals surface area contributed by atoms with Crippen molar-refractivity contribution in [3.8, 4) is 5.75 Å². The van der Waals surface area contributed by atoms with Gasteiger partial charge in [0.05, 0.1) is 10.7 Å². The van der Waals surface area contributed by atoms with Crippen molar-refractivity contribution in [1.29, 1.82) is 0 Å². The van der Waals surface area contributed by atoms with Crippen molar-refractivity contribution in [2.24, 2.45) is 0 Å². The number of aryl methyl sites for hydroxylation is 2. The van der Waals surface area contributed by atoms with Crippen LogP contribution in [0.5, 0.6) is 5.75 Å². The molecule has 0 bridgehead atoms. The normalized spacial score (nSPS) is 13.9. The highest BCUT2D eigenvalue weighted by atomic mass is 35.5. The van der Waals surface area contributed by atoms with E-state index in [0.717, 1.165) is 23.0 Å². The third kappa shape index (κ3) is 2.41. The van der Waals surface area contributed by atoms with E-state index in [2.05, 4.69) is 42.2 Å². The van der Waals surface area contributed by atoms with E-state index >= 15 is 0 Å². The second-order valence-electron chi connectivity index (χ2n) is 5.04. The molecule has 0 spiro atoms. The maximum atomic E-state index is 6.32. The van der Waals surface area contributed by atoms with Crippen LogP contribution in [0.1, 0.15) is 16.7 Å². The monoisotopic (exact) mass is 273 g/mol. The molecule has 3 rings (SSSR count). The minimum absolute atomic E-state index is 0.541. The molecule has 98 valence electrons. The van der Waals surface area contributed by atoms with Crippen LogP contribution in [0.25, 0.3) is 0 Å². The van der Waals surface area contributed by atoms with E-state index in [9.17, 15) is 0 Å². The molecule has 2 aromatic rings. The van der Waals surface area contributed by atoms with Crippen LogP contribution in [0.4, 0.5) is 5.69 Å². The molecule has 0 aliphatic carbocycles. The largest absolute Gasteiger partial charge is 0.473 e. The minimum Gasteiger partial charge on any atom is -0.473 e. The Kier molecular flexibility index (Phi) is 3.11. The SMILES string of the molecule is Cc1ccc(N2COc3cc(C)ccc3C2)c(Cl)c1. The smallest absolute Gasteiger partial charge is 0.161 e. The van der Waals surface area contributed by atoms with Gasteiger partial charge in [0.25, 0.3) is 0 Å². The molecule has 1 aliphatic rings. The third-order valence-electron chi connectivity index (χ3n) is 3.40. The molecule has 1 aliphatic heterocycles. The molecule has 1 heterocycles. The van der Waals surface area contributed by atoms with E-state index in [-0.39, 0.29) is 0 Å². The first-order chi connectivity index (χ1) is 9.13. The van der Waals surface area contributed by atoms with Crippen LogP contribution in [-0.2, 0) is 6.54 Å². The summed E-state index contributed by atoms with van der Waals surface area (Å²) < 4.78 is 5.82. The highest BCUT2D eigenvalue weighted by Gasteiger charge is 2.19. The summed E-state index contributed by atoms with van der Waals surface area (Å²) in [6.45, 7) is 5.49. The van der Waals surface area contributed by atoms with Gasteiger partial charge in [-0.3, -0.25) is 0 Å². The van der Waals surface area contributed by atoms with Crippen LogP contribution in [0, 0.1) is 13.8 Å². The quantitative estimate of drug-likeness (QED) is 0.767. The summed E-state index contributed by atoms with van der Waals surface area (Å²) in [6, 6.07) is 12.4. The summed E-state index contributed by atoms with van der Waals surface area (Å²) in [5.41, 5.74) is 4.62. The van der Waals surface area contributed by atoms with Crippen LogP contribution in [0.3, 0.4) is 0 Å². The Bertz CT molecular complexity index is 624. The van der Waals surface area contributed by atoms with Crippen molar-refractivity contribution >= 4 is 17.3 Å². The van der Waals surface area contributed by atoms with Crippen LogP contribution >= 0.6 is 11.6 Å². The van der Waals surface area contributed by atoms with Gasteiger partial charge in [0.15, 0.2) is 6.73 Å². The molecule has 2 nitrogen and oxygen atoms in total. The van der Waals surface area contributed by atoms with E-state index in [1.807, 2.05) is 13.0 Å². The standard InChI is InChI=1S/C16H16ClNO/c1-11-4-6-15(14(17)7-11)18-9-13-5-3-12(2)8-16(13)19-10-18/h3-8H,9-10H2,1-2H3. The Morgan fingerprint density at radius 2 is 1.79 bits per heavy atom. The third-order valence-corrected chi connectivity index (χ3v) is 3.71. The number of halogens is 1. The first kappa shape index (κ1) is 12.4. The summed E-state index contributed by atoms with van der Waals surface area (Å²) in [5.74, 6) is 0.986. The van der Waals surface area contributed by atoms with Gasteiger partial charge >= 0.3 is 0 Å². The number of benzene rings is 2. The van der Waals surface area contributed by atoms with E-state index in [0.29, 0.717) is 6.73 Å². The van der Waals surface area contributed by atoms with Crippen molar-refractivity contribution in [3.05, 3.63) is 58.1 Å². The molecule has 0 saturated carbocycles. The van der Waals surface area contributed by atoms with Crippen LogP contribution < -0.4 is 9.64 Å². The summed E-state index contributed by atoms with van der Waals surface area (Å²) in [4.78, 5) is 2.15. The molecule has 0 N–H and O–H groups in total. The Morgan fingerprint density at radius 1 is 1.05 bits per heavy atom. The van der Waals surface area contributed by atoms with Crippen molar-refractivity contribution in [2.45, 2.75) is 20.4 Å². The lowest BCUT2D eigenvalue weighted by atomic mass is 10.1. The minimum atomic E-state index is 0.541. The Labute approximate surface area is 118 Å². The fourth-order valence-electron chi connectivity index (χ4n) is 2.35. The molecule has 0 unspecified atom stereocenters. The highest BCUT2D eigenvalue weighted by Crippen LogP contribution is 2.33. The molecule has 0 amide bonds. The number of anilines is 1. The Morgan fingerprint density at radius 3 is 2.58 bits per heavy atom. The molecule has 19 heavy (non-hydrogen) atoms. The number of ether oxygens (including phenoxy) is 1. The van der Waals surface area contributed by atoms with E-state index in [1.54, 1.807) is 0 Å². The first-order valence-electron chi connectivity index (χ1n) is 6.37. The molecule has 0 fully saturated rings. The Balaban J connectivity index is 1.91. The second-order valence-corrected chi connectivity index (χ2v) is 5.44. The van der Waals surface area contributed by atoms with Crippen molar-refractivity contribution in [2.75, 3.05) is 11.6 Å². The number of fused-ring (bicyclic) bond motifs is 1. The fourth-order valence-corrected chi connectivity index (χ4v) is 2.70. The van der Waals surface area contributed by atoms with E-state index in [4.69, 9.17) is 16.3 Å². The molecular weight excluding hydrogens is 258 g/mol. The molecule has 0 saturated heterocycles. The van der Waals surface area contributed by atoms with E-state index in [1.165, 1.54) is 16.7 Å². The van der Waals surface area contributed by atoms with Gasteiger partial charge < -0.3 is 9.64 Å². The molecule has 2 aromatic carbocycles. The molecule has 0 atom stereocenters. The zero-order valence-corrected chi connectivity index (χ0v) is 11.9. The number of hydrogen-bond donors (Lipinski definition) is 0. The number of nitrogens with zero attached hydrogens (tertiary/aromatic N) is 1. The van der Waals surface area contributed by atoms with Crippen molar-refractivity contribution < 1.29 is 4.74 Å². The average molecular weight is 274 g/mol. The van der Waals surface area contributed by atoms with Crippen LogP contribution in [-0.4, -0.2) is 6.73 Å². The lowest BCUT2D eigenvalue weighted by molar-refractivity contribution is 0.289. The molecular formula is C16H16ClNO. The van der Waals surface area contributed by atoms with Crippen LogP contribution in [0.2, 0.25) is 5.02 Å². The van der Waals surface area contributed by atoms with Gasteiger partial charge in [-0.15, -0.1) is 0 Å². The highest BCUT2D eigenvalue weighted by molar-refractivity contribution is 6.33. The Hall–Kier alpha value is -1.67. The maximum absolute atomic E-state index is 6.32. The van der Waals surface area contributed by atoms with Gasteiger partial charge in [-0.1, -0.05) is 29.8 Å². The predicted molar refractivity (Wildman–Crippen MR) is 79.0 cm³/mol. The van der Waals surface area contributed by atoms with Crippen molar-refractivity contribution in [1.82, 2.24) is 0 Å². The van der Waals surface area contributed by atoms with Gasteiger partial charge in [0.2, 0.25) is 0 Å². The van der Waals surface area contributed by atoms with Crippen LogP contribution in [0.15, 0.2) is 36.4 Å². The number of hydrogen-bond acceptors (Lipinski definition) is 2. The lowest BCUT2D eigenvalue weighted by Crippen LogP contribution is -2.32. The maximum Gasteiger partial charge on any atom is 0.161 e.